The number of hydrogen-bond donors (Lipinski definition) is 2. The molecule has 4 heteroatoms. The number of nitrogens with one attached hydrogen (secondary N) is 1. The molecule has 0 radical (unpaired) electrons. The van der Waals surface area contributed by atoms with Crippen molar-refractivity contribution in [1.29, 1.82) is 0 Å². The topological polar surface area (TPSA) is 49.3 Å². The Morgan fingerprint density at radius 1 is 1.18 bits per heavy atom. The molecule has 2 N–H and O–H groups in total. The minimum absolute atomic E-state index is 0.0114. The third kappa shape index (κ3) is 4.97. The maximum absolute atomic E-state index is 13.1. The van der Waals surface area contributed by atoms with Crippen LogP contribution in [0.2, 0.25) is 0 Å². The predicted octanol–water partition coefficient (Wildman–Crippen LogP) is 3.00. The lowest BCUT2D eigenvalue weighted by Gasteiger charge is -2.16. The fourth-order valence-corrected chi connectivity index (χ4v) is 2.37. The summed E-state index contributed by atoms with van der Waals surface area (Å²) < 4.78 is 13.1. The number of aliphatic hydroxyl groups excluding tert-OH is 1. The van der Waals surface area contributed by atoms with E-state index in [9.17, 15) is 14.3 Å². The van der Waals surface area contributed by atoms with Crippen LogP contribution in [0.15, 0.2) is 54.6 Å². The van der Waals surface area contributed by atoms with Gasteiger partial charge in [-0.1, -0.05) is 42.5 Å². The molecular weight excluding hydrogens is 281 g/mol. The van der Waals surface area contributed by atoms with Crippen molar-refractivity contribution < 1.29 is 14.3 Å². The Hall–Kier alpha value is -2.20. The van der Waals surface area contributed by atoms with Crippen LogP contribution in [0, 0.1) is 5.82 Å². The first-order valence-corrected chi connectivity index (χ1v) is 7.31. The Balaban J connectivity index is 1.84. The largest absolute Gasteiger partial charge is 0.388 e. The Morgan fingerprint density at radius 3 is 2.59 bits per heavy atom. The highest BCUT2D eigenvalue weighted by Crippen LogP contribution is 2.16. The number of aliphatic hydroxyl groups is 1. The first-order valence-electron chi connectivity index (χ1n) is 7.31. The molecule has 116 valence electrons. The molecule has 0 saturated carbocycles. The average molecular weight is 301 g/mol. The van der Waals surface area contributed by atoms with Gasteiger partial charge in [-0.3, -0.25) is 4.79 Å². The van der Waals surface area contributed by atoms with Gasteiger partial charge in [-0.25, -0.2) is 4.39 Å². The number of hydrogen-bond acceptors (Lipinski definition) is 2. The predicted molar refractivity (Wildman–Crippen MR) is 83.7 cm³/mol. The zero-order valence-electron chi connectivity index (χ0n) is 12.5. The van der Waals surface area contributed by atoms with Gasteiger partial charge in [-0.05, 0) is 36.6 Å². The van der Waals surface area contributed by atoms with Crippen molar-refractivity contribution in [3.8, 4) is 0 Å². The van der Waals surface area contributed by atoms with E-state index in [1.165, 1.54) is 12.1 Å². The first-order chi connectivity index (χ1) is 10.5. The Morgan fingerprint density at radius 2 is 1.91 bits per heavy atom. The van der Waals surface area contributed by atoms with Crippen molar-refractivity contribution in [3.05, 3.63) is 71.5 Å². The van der Waals surface area contributed by atoms with Gasteiger partial charge in [-0.15, -0.1) is 0 Å². The lowest BCUT2D eigenvalue weighted by Crippen LogP contribution is -2.34. The zero-order chi connectivity index (χ0) is 15.9. The van der Waals surface area contributed by atoms with Crippen LogP contribution in [0.5, 0.6) is 0 Å². The van der Waals surface area contributed by atoms with E-state index in [1.54, 1.807) is 18.2 Å². The summed E-state index contributed by atoms with van der Waals surface area (Å²) >= 11 is 0. The van der Waals surface area contributed by atoms with Gasteiger partial charge in [0, 0.05) is 6.04 Å². The van der Waals surface area contributed by atoms with E-state index in [1.807, 2.05) is 31.2 Å². The van der Waals surface area contributed by atoms with Crippen LogP contribution >= 0.6 is 0 Å². The minimum Gasteiger partial charge on any atom is -0.388 e. The van der Waals surface area contributed by atoms with Crippen LogP contribution in [-0.4, -0.2) is 17.1 Å². The summed E-state index contributed by atoms with van der Waals surface area (Å²) in [5, 5.41) is 12.8. The molecule has 2 unspecified atom stereocenters. The molecule has 2 atom stereocenters. The molecule has 0 bridgehead atoms. The van der Waals surface area contributed by atoms with Crippen LogP contribution in [0.25, 0.3) is 0 Å². The summed E-state index contributed by atoms with van der Waals surface area (Å²) in [5.74, 6) is -0.504. The summed E-state index contributed by atoms with van der Waals surface area (Å²) in [6.45, 7) is 1.86. The third-order valence-corrected chi connectivity index (χ3v) is 3.40. The molecule has 22 heavy (non-hydrogen) atoms. The molecule has 2 rings (SSSR count). The molecule has 0 spiro atoms. The molecule has 2 aromatic carbocycles. The minimum atomic E-state index is -0.817. The Labute approximate surface area is 129 Å². The van der Waals surface area contributed by atoms with Gasteiger partial charge in [0.25, 0.3) is 0 Å². The summed E-state index contributed by atoms with van der Waals surface area (Å²) in [4.78, 5) is 11.9. The van der Waals surface area contributed by atoms with Crippen LogP contribution < -0.4 is 5.32 Å². The van der Waals surface area contributed by atoms with Gasteiger partial charge in [0.2, 0.25) is 5.91 Å². The number of carbonyl (C=O) groups excluding carboxylic acids is 1. The fourth-order valence-electron chi connectivity index (χ4n) is 2.37. The van der Waals surface area contributed by atoms with Gasteiger partial charge in [0.05, 0.1) is 12.5 Å². The lowest BCUT2D eigenvalue weighted by molar-refractivity contribution is -0.123. The zero-order valence-corrected chi connectivity index (χ0v) is 12.5. The van der Waals surface area contributed by atoms with E-state index < -0.39 is 6.10 Å². The highest BCUT2D eigenvalue weighted by Gasteiger charge is 2.14. The molecule has 2 aromatic rings. The maximum Gasteiger partial charge on any atom is 0.223 e. The molecule has 0 aromatic heterocycles. The second-order valence-corrected chi connectivity index (χ2v) is 5.43. The van der Waals surface area contributed by atoms with Gasteiger partial charge in [0.15, 0.2) is 0 Å². The lowest BCUT2D eigenvalue weighted by atomic mass is 10.0. The highest BCUT2D eigenvalue weighted by atomic mass is 19.1. The Bertz CT molecular complexity index is 615. The smallest absolute Gasteiger partial charge is 0.223 e. The quantitative estimate of drug-likeness (QED) is 0.861. The molecule has 0 aliphatic carbocycles. The normalized spacial score (nSPS) is 13.4. The SMILES string of the molecule is CC(Cc1cccc(F)c1)NC(=O)CC(O)c1ccccc1. The maximum atomic E-state index is 13.1. The van der Waals surface area contributed by atoms with E-state index in [4.69, 9.17) is 0 Å². The number of amides is 1. The van der Waals surface area contributed by atoms with Crippen molar-refractivity contribution in [2.45, 2.75) is 31.9 Å². The number of halogens is 1. The highest BCUT2D eigenvalue weighted by molar-refractivity contribution is 5.77. The second kappa shape index (κ2) is 7.71. The molecule has 0 fully saturated rings. The summed E-state index contributed by atoms with van der Waals surface area (Å²) in [6.07, 6.45) is -0.259. The average Bonchev–Trinajstić information content (AvgIpc) is 2.47. The van der Waals surface area contributed by atoms with Crippen molar-refractivity contribution in [2.75, 3.05) is 0 Å². The van der Waals surface area contributed by atoms with Gasteiger partial charge in [-0.2, -0.15) is 0 Å². The third-order valence-electron chi connectivity index (χ3n) is 3.40. The van der Waals surface area contributed by atoms with Crippen LogP contribution in [0.4, 0.5) is 4.39 Å². The van der Waals surface area contributed by atoms with E-state index >= 15 is 0 Å². The van der Waals surface area contributed by atoms with Crippen molar-refractivity contribution >= 4 is 5.91 Å². The molecule has 0 aliphatic heterocycles. The first kappa shape index (κ1) is 16.2. The van der Waals surface area contributed by atoms with E-state index in [0.29, 0.717) is 6.42 Å². The van der Waals surface area contributed by atoms with Crippen LogP contribution in [0.3, 0.4) is 0 Å². The number of carbonyl (C=O) groups is 1. The molecule has 0 heterocycles. The second-order valence-electron chi connectivity index (χ2n) is 5.43. The van der Waals surface area contributed by atoms with E-state index in [2.05, 4.69) is 5.32 Å². The summed E-state index contributed by atoms with van der Waals surface area (Å²) in [7, 11) is 0. The molecule has 0 aliphatic rings. The summed E-state index contributed by atoms with van der Waals surface area (Å²) in [5.41, 5.74) is 1.55. The number of benzene rings is 2. The standard InChI is InChI=1S/C18H20FNO2/c1-13(10-14-6-5-9-16(19)11-14)20-18(22)12-17(21)15-7-3-2-4-8-15/h2-9,11,13,17,21H,10,12H2,1H3,(H,20,22). The Kier molecular flexibility index (Phi) is 5.67. The van der Waals surface area contributed by atoms with Crippen LogP contribution in [-0.2, 0) is 11.2 Å². The molecule has 3 nitrogen and oxygen atoms in total. The van der Waals surface area contributed by atoms with Crippen molar-refractivity contribution in [2.24, 2.45) is 0 Å². The monoisotopic (exact) mass is 301 g/mol. The van der Waals surface area contributed by atoms with Gasteiger partial charge in [0.1, 0.15) is 5.82 Å². The van der Waals surface area contributed by atoms with Crippen LogP contribution in [0.1, 0.15) is 30.6 Å². The number of rotatable bonds is 6. The molecule has 0 saturated heterocycles. The fraction of sp³-hybridized carbons (Fsp3) is 0.278. The van der Waals surface area contributed by atoms with Crippen molar-refractivity contribution in [3.63, 3.8) is 0 Å². The van der Waals surface area contributed by atoms with E-state index in [0.717, 1.165) is 11.1 Å². The van der Waals surface area contributed by atoms with Crippen molar-refractivity contribution in [1.82, 2.24) is 5.32 Å². The molecular formula is C18H20FNO2. The van der Waals surface area contributed by atoms with E-state index in [-0.39, 0.29) is 24.2 Å². The van der Waals surface area contributed by atoms with Gasteiger partial charge >= 0.3 is 0 Å². The molecule has 1 amide bonds. The van der Waals surface area contributed by atoms with Gasteiger partial charge < -0.3 is 10.4 Å². The summed E-state index contributed by atoms with van der Waals surface area (Å²) in [6, 6.07) is 15.3.